The van der Waals surface area contributed by atoms with Gasteiger partial charge in [-0.1, -0.05) is 0 Å². The van der Waals surface area contributed by atoms with Gasteiger partial charge in [-0.05, 0) is 0 Å². The summed E-state index contributed by atoms with van der Waals surface area (Å²) in [5, 5.41) is 73.3. The topological polar surface area (TPSA) is 418 Å². The highest BCUT2D eigenvalue weighted by molar-refractivity contribution is 7.59. The summed E-state index contributed by atoms with van der Waals surface area (Å²) in [5.74, 6) is -4.46. The van der Waals surface area contributed by atoms with Crippen molar-refractivity contribution >= 4 is 27.0 Å². The van der Waals surface area contributed by atoms with Crippen LogP contribution in [0.25, 0.3) is 0 Å². The van der Waals surface area contributed by atoms with Gasteiger partial charge in [0.1, 0.15) is 49.3 Å². The minimum absolute atomic E-state index is 0. The SMILES string of the molecule is O=c1[nH]c(=O)n([C@H]2C[C@H](O)[C@@H](CO)O2)cc1F.O=c1[nH]c(=O)n([C@H]2C[C@H](O)[C@@H](CO)O2)cc1F.O=c1[nH]c(=O)n([C@H]2C[C@H](O)[C@@H](CO)O2)cc1F.O=c1[nH]c(=O)n([C@H]2C[C@H](O)[C@@H](CO)O2)cc1F.S.S. The van der Waals surface area contributed by atoms with E-state index in [0.29, 0.717) is 0 Å². The summed E-state index contributed by atoms with van der Waals surface area (Å²) in [5.41, 5.74) is -7.74. The Morgan fingerprint density at radius 2 is 0.571 bits per heavy atom. The number of aromatic nitrogens is 8. The molecule has 12 N–H and O–H groups in total. The highest BCUT2D eigenvalue weighted by Crippen LogP contribution is 2.30. The average molecular weight is 1050 g/mol. The van der Waals surface area contributed by atoms with Crippen LogP contribution >= 0.6 is 27.0 Å². The maximum absolute atomic E-state index is 13.0. The molecule has 8 rings (SSSR count). The molecule has 4 aliphatic rings. The van der Waals surface area contributed by atoms with Crippen LogP contribution < -0.4 is 45.0 Å². The maximum atomic E-state index is 13.0. The molecule has 12 atom stereocenters. The third-order valence-electron chi connectivity index (χ3n) is 10.5. The number of aliphatic hydroxyl groups excluding tert-OH is 8. The number of nitrogens with zero attached hydrogens (tertiary/aromatic N) is 4. The number of hydrogen-bond donors (Lipinski definition) is 12. The molecule has 392 valence electrons. The number of halogens is 4. The van der Waals surface area contributed by atoms with E-state index in [-0.39, 0.29) is 52.7 Å². The lowest BCUT2D eigenvalue weighted by atomic mass is 10.2. The number of H-pyrrole nitrogens is 4. The van der Waals surface area contributed by atoms with Crippen molar-refractivity contribution in [3.8, 4) is 0 Å². The standard InChI is InChI=1S/4C9H11FN2O5.2H2S/c4*10-4-2-12(9(16)11-8(4)15)7-1-5(14)6(3-13)17-7;;/h4*2,5-7,13-14H,1,3H2,(H,11,15,16);2*1H2/t4*5-,6+,7+;;/m0000../s1. The molecular formula is C36H48F4N8O20S2. The molecule has 4 aliphatic heterocycles. The number of aliphatic hydroxyl groups is 8. The van der Waals surface area contributed by atoms with Crippen LogP contribution in [0.15, 0.2) is 63.1 Å². The van der Waals surface area contributed by atoms with Crippen molar-refractivity contribution < 1.29 is 77.4 Å². The fraction of sp³-hybridized carbons (Fsp3) is 0.556. The zero-order valence-electron chi connectivity index (χ0n) is 35.7. The number of aromatic amines is 4. The van der Waals surface area contributed by atoms with Crippen LogP contribution in [0.1, 0.15) is 50.6 Å². The van der Waals surface area contributed by atoms with Crippen LogP contribution in [-0.4, -0.2) is 154 Å². The summed E-state index contributed by atoms with van der Waals surface area (Å²) in [6, 6.07) is 0. The Labute approximate surface area is 399 Å². The van der Waals surface area contributed by atoms with Gasteiger partial charge in [0.15, 0.2) is 0 Å². The van der Waals surface area contributed by atoms with E-state index in [4.69, 9.17) is 39.4 Å². The van der Waals surface area contributed by atoms with Crippen LogP contribution in [0.2, 0.25) is 0 Å². The van der Waals surface area contributed by atoms with Gasteiger partial charge in [0.25, 0.3) is 22.2 Å². The Hall–Kier alpha value is -5.34. The molecule has 0 radical (unpaired) electrons. The molecule has 34 heteroatoms. The van der Waals surface area contributed by atoms with Crippen molar-refractivity contribution in [3.63, 3.8) is 0 Å². The lowest BCUT2D eigenvalue weighted by molar-refractivity contribution is -0.0462. The molecule has 0 spiro atoms. The van der Waals surface area contributed by atoms with E-state index < -0.39 is 168 Å². The highest BCUT2D eigenvalue weighted by atomic mass is 32.1. The number of ether oxygens (including phenoxy) is 4. The van der Waals surface area contributed by atoms with Crippen LogP contribution in [0.4, 0.5) is 17.6 Å². The van der Waals surface area contributed by atoms with Gasteiger partial charge in [0.05, 0.1) is 75.6 Å². The minimum atomic E-state index is -1.12. The number of nitrogens with one attached hydrogen (secondary N) is 4. The summed E-state index contributed by atoms with van der Waals surface area (Å²) in [6.45, 7) is -1.62. The molecule has 4 fully saturated rings. The first kappa shape index (κ1) is 59.0. The second-order valence-corrected chi connectivity index (χ2v) is 15.0. The zero-order chi connectivity index (χ0) is 50.3. The van der Waals surface area contributed by atoms with Gasteiger partial charge in [0, 0.05) is 25.7 Å². The van der Waals surface area contributed by atoms with Crippen molar-refractivity contribution in [1.82, 2.24) is 38.2 Å². The quantitative estimate of drug-likeness (QED) is 0.0730. The molecule has 0 amide bonds. The molecule has 0 bridgehead atoms. The zero-order valence-corrected chi connectivity index (χ0v) is 37.7. The summed E-state index contributed by atoms with van der Waals surface area (Å²) >= 11 is 0. The Bertz CT molecular complexity index is 2490. The van der Waals surface area contributed by atoms with E-state index in [1.54, 1.807) is 19.9 Å². The van der Waals surface area contributed by atoms with Gasteiger partial charge < -0.3 is 59.8 Å². The van der Waals surface area contributed by atoms with Gasteiger partial charge in [0.2, 0.25) is 23.3 Å². The molecule has 70 heavy (non-hydrogen) atoms. The van der Waals surface area contributed by atoms with Crippen molar-refractivity contribution in [2.24, 2.45) is 0 Å². The fourth-order valence-electron chi connectivity index (χ4n) is 6.90. The predicted molar refractivity (Wildman–Crippen MR) is 232 cm³/mol. The van der Waals surface area contributed by atoms with Gasteiger partial charge >= 0.3 is 22.8 Å². The molecular weight excluding hydrogens is 1000 g/mol. The summed E-state index contributed by atoms with van der Waals surface area (Å²) in [6.07, 6.45) is -7.60. The van der Waals surface area contributed by atoms with Gasteiger partial charge in [-0.2, -0.15) is 44.6 Å². The summed E-state index contributed by atoms with van der Waals surface area (Å²) < 4.78 is 76.1. The van der Waals surface area contributed by atoms with Crippen molar-refractivity contribution in [1.29, 1.82) is 0 Å². The Kier molecular flexibility index (Phi) is 21.6. The van der Waals surface area contributed by atoms with Gasteiger partial charge in [-0.3, -0.25) is 57.4 Å². The highest BCUT2D eigenvalue weighted by Gasteiger charge is 2.38. The number of hydrogen-bond acceptors (Lipinski definition) is 20. The van der Waals surface area contributed by atoms with Crippen LogP contribution in [0.3, 0.4) is 0 Å². The molecule has 8 heterocycles. The van der Waals surface area contributed by atoms with Crippen molar-refractivity contribution in [3.05, 3.63) is 131 Å². The molecule has 0 aromatic carbocycles. The van der Waals surface area contributed by atoms with E-state index in [2.05, 4.69) is 0 Å². The molecule has 0 unspecified atom stereocenters. The van der Waals surface area contributed by atoms with E-state index >= 15 is 0 Å². The average Bonchev–Trinajstić information content (AvgIpc) is 4.07. The molecule has 4 aromatic heterocycles. The molecule has 0 saturated carbocycles. The van der Waals surface area contributed by atoms with E-state index in [9.17, 15) is 76.3 Å². The second-order valence-electron chi connectivity index (χ2n) is 15.0. The van der Waals surface area contributed by atoms with Crippen LogP contribution in [0.5, 0.6) is 0 Å². The lowest BCUT2D eigenvalue weighted by Gasteiger charge is -2.13. The molecule has 4 saturated heterocycles. The van der Waals surface area contributed by atoms with Gasteiger partial charge in [-0.15, -0.1) is 0 Å². The largest absolute Gasteiger partial charge is 0.394 e. The third-order valence-corrected chi connectivity index (χ3v) is 10.5. The van der Waals surface area contributed by atoms with Crippen LogP contribution in [-0.2, 0) is 18.9 Å². The molecule has 28 nitrogen and oxygen atoms in total. The fourth-order valence-corrected chi connectivity index (χ4v) is 6.90. The minimum Gasteiger partial charge on any atom is -0.394 e. The smallest absolute Gasteiger partial charge is 0.330 e. The van der Waals surface area contributed by atoms with Crippen molar-refractivity contribution in [2.75, 3.05) is 26.4 Å². The lowest BCUT2D eigenvalue weighted by Crippen LogP contribution is -2.34. The Balaban J connectivity index is 0.000000245. The van der Waals surface area contributed by atoms with Crippen LogP contribution in [0, 0.1) is 23.3 Å². The Morgan fingerprint density at radius 3 is 0.714 bits per heavy atom. The normalized spacial score (nSPS) is 27.7. The second kappa shape index (κ2) is 25.7. The van der Waals surface area contributed by atoms with Crippen molar-refractivity contribution in [2.45, 2.75) is 99.4 Å². The summed E-state index contributed by atoms with van der Waals surface area (Å²) in [7, 11) is 0. The Morgan fingerprint density at radius 1 is 0.400 bits per heavy atom. The predicted octanol–water partition coefficient (Wildman–Crippen LogP) is -6.51. The molecule has 4 aromatic rings. The maximum Gasteiger partial charge on any atom is 0.330 e. The first-order valence-electron chi connectivity index (χ1n) is 19.9. The van der Waals surface area contributed by atoms with Gasteiger partial charge in [-0.25, -0.2) is 19.2 Å². The first-order valence-corrected chi connectivity index (χ1v) is 19.9. The monoisotopic (exact) mass is 1050 g/mol. The van der Waals surface area contributed by atoms with E-state index in [0.717, 1.165) is 43.1 Å². The van der Waals surface area contributed by atoms with E-state index in [1.807, 2.05) is 0 Å². The number of rotatable bonds is 8. The third kappa shape index (κ3) is 14.0. The van der Waals surface area contributed by atoms with E-state index in [1.165, 1.54) is 0 Å². The summed E-state index contributed by atoms with van der Waals surface area (Å²) in [4.78, 5) is 96.0. The first-order chi connectivity index (χ1) is 32.1. The molecule has 0 aliphatic carbocycles.